The number of anilines is 1. The number of H-pyrrole nitrogens is 1. The van der Waals surface area contributed by atoms with Gasteiger partial charge in [-0.05, 0) is 42.8 Å². The van der Waals surface area contributed by atoms with Crippen molar-refractivity contribution in [2.75, 3.05) is 5.32 Å². The van der Waals surface area contributed by atoms with Crippen LogP contribution in [-0.2, 0) is 0 Å². The second-order valence-corrected chi connectivity index (χ2v) is 4.64. The van der Waals surface area contributed by atoms with E-state index >= 15 is 0 Å². The molecule has 0 spiro atoms. The average Bonchev–Trinajstić information content (AvgIpc) is 2.81. The monoisotopic (exact) mass is 286 g/mol. The molecule has 0 atom stereocenters. The second-order valence-electron chi connectivity index (χ2n) is 4.64. The minimum atomic E-state index is -0.561. The molecular weight excluding hydrogens is 275 g/mol. The summed E-state index contributed by atoms with van der Waals surface area (Å²) in [5.41, 5.74) is 2.06. The predicted molar refractivity (Wildman–Crippen MR) is 75.9 cm³/mol. The Bertz CT molecular complexity index is 895. The number of benzene rings is 2. The molecular formula is C15H11FN2O3. The number of aromatic amines is 1. The van der Waals surface area contributed by atoms with Gasteiger partial charge in [0.15, 0.2) is 5.58 Å². The number of carbonyl (C=O) groups excluding carboxylic acids is 1. The smallest absolute Gasteiger partial charge is 0.408 e. The van der Waals surface area contributed by atoms with Crippen molar-refractivity contribution < 1.29 is 13.6 Å². The van der Waals surface area contributed by atoms with Crippen LogP contribution >= 0.6 is 0 Å². The number of halogens is 1. The van der Waals surface area contributed by atoms with E-state index in [9.17, 15) is 14.0 Å². The van der Waals surface area contributed by atoms with E-state index in [-0.39, 0.29) is 5.56 Å². The quantitative estimate of drug-likeness (QED) is 0.760. The van der Waals surface area contributed by atoms with Crippen LogP contribution in [0.5, 0.6) is 0 Å². The molecule has 0 fully saturated rings. The molecule has 0 aliphatic heterocycles. The van der Waals surface area contributed by atoms with Crippen LogP contribution < -0.4 is 11.1 Å². The molecule has 0 radical (unpaired) electrons. The molecule has 21 heavy (non-hydrogen) atoms. The standard InChI is InChI=1S/C15H11FN2O3/c1-8-2-3-9(6-11(8)16)14(19)17-10-4-5-13-12(7-10)18-15(20)21-13/h2-7H,1H3,(H,17,19)(H,18,20). The van der Waals surface area contributed by atoms with Crippen molar-refractivity contribution in [3.05, 3.63) is 63.9 Å². The van der Waals surface area contributed by atoms with Crippen molar-refractivity contribution in [3.63, 3.8) is 0 Å². The van der Waals surface area contributed by atoms with E-state index in [4.69, 9.17) is 4.42 Å². The summed E-state index contributed by atoms with van der Waals surface area (Å²) in [6, 6.07) is 9.01. The Morgan fingerprint density at radius 1 is 1.24 bits per heavy atom. The summed E-state index contributed by atoms with van der Waals surface area (Å²) in [6.45, 7) is 1.63. The molecule has 6 heteroatoms. The molecule has 1 amide bonds. The van der Waals surface area contributed by atoms with Crippen molar-refractivity contribution in [2.24, 2.45) is 0 Å². The van der Waals surface area contributed by atoms with E-state index in [0.29, 0.717) is 22.4 Å². The third-order valence-corrected chi connectivity index (χ3v) is 3.11. The van der Waals surface area contributed by atoms with E-state index in [1.54, 1.807) is 37.3 Å². The van der Waals surface area contributed by atoms with Crippen molar-refractivity contribution in [1.29, 1.82) is 0 Å². The summed E-state index contributed by atoms with van der Waals surface area (Å²) < 4.78 is 18.3. The number of nitrogens with one attached hydrogen (secondary N) is 2. The van der Waals surface area contributed by atoms with Crippen LogP contribution in [0.2, 0.25) is 0 Å². The maximum absolute atomic E-state index is 13.5. The third-order valence-electron chi connectivity index (χ3n) is 3.11. The average molecular weight is 286 g/mol. The molecule has 0 aliphatic carbocycles. The lowest BCUT2D eigenvalue weighted by molar-refractivity contribution is 0.102. The Hall–Kier alpha value is -2.89. The van der Waals surface area contributed by atoms with E-state index in [1.165, 1.54) is 6.07 Å². The number of aromatic nitrogens is 1. The summed E-state index contributed by atoms with van der Waals surface area (Å²) in [4.78, 5) is 25.6. The minimum Gasteiger partial charge on any atom is -0.408 e. The third kappa shape index (κ3) is 2.55. The lowest BCUT2D eigenvalue weighted by atomic mass is 10.1. The predicted octanol–water partition coefficient (Wildman–Crippen LogP) is 2.82. The second kappa shape index (κ2) is 4.90. The summed E-state index contributed by atoms with van der Waals surface area (Å²) in [7, 11) is 0. The Balaban J connectivity index is 1.88. The van der Waals surface area contributed by atoms with Crippen LogP contribution in [-0.4, -0.2) is 10.9 Å². The SMILES string of the molecule is Cc1ccc(C(=O)Nc2ccc3oc(=O)[nH]c3c2)cc1F. The lowest BCUT2D eigenvalue weighted by Crippen LogP contribution is -2.12. The molecule has 5 nitrogen and oxygen atoms in total. The molecule has 3 rings (SSSR count). The zero-order chi connectivity index (χ0) is 15.0. The van der Waals surface area contributed by atoms with Gasteiger partial charge in [0, 0.05) is 11.3 Å². The highest BCUT2D eigenvalue weighted by molar-refractivity contribution is 6.04. The molecule has 0 bridgehead atoms. The maximum Gasteiger partial charge on any atom is 0.417 e. The molecule has 2 N–H and O–H groups in total. The number of aryl methyl sites for hydroxylation is 1. The molecule has 0 saturated heterocycles. The molecule has 0 saturated carbocycles. The van der Waals surface area contributed by atoms with E-state index in [1.807, 2.05) is 0 Å². The van der Waals surface area contributed by atoms with Crippen LogP contribution in [0.3, 0.4) is 0 Å². The van der Waals surface area contributed by atoms with Gasteiger partial charge < -0.3 is 9.73 Å². The number of oxazole rings is 1. The minimum absolute atomic E-state index is 0.221. The summed E-state index contributed by atoms with van der Waals surface area (Å²) in [5, 5.41) is 2.64. The molecule has 106 valence electrons. The van der Waals surface area contributed by atoms with Gasteiger partial charge in [-0.25, -0.2) is 9.18 Å². The zero-order valence-corrected chi connectivity index (χ0v) is 11.1. The van der Waals surface area contributed by atoms with Gasteiger partial charge >= 0.3 is 5.76 Å². The van der Waals surface area contributed by atoms with Gasteiger partial charge in [0.25, 0.3) is 5.91 Å². The zero-order valence-electron chi connectivity index (χ0n) is 11.1. The van der Waals surface area contributed by atoms with E-state index in [2.05, 4.69) is 10.3 Å². The van der Waals surface area contributed by atoms with E-state index < -0.39 is 17.5 Å². The number of hydrogen-bond donors (Lipinski definition) is 2. The highest BCUT2D eigenvalue weighted by Crippen LogP contribution is 2.17. The van der Waals surface area contributed by atoms with Crippen LogP contribution in [0.1, 0.15) is 15.9 Å². The topological polar surface area (TPSA) is 75.1 Å². The van der Waals surface area contributed by atoms with Crippen LogP contribution in [0.15, 0.2) is 45.6 Å². The largest absolute Gasteiger partial charge is 0.417 e. The van der Waals surface area contributed by atoms with Gasteiger partial charge in [-0.2, -0.15) is 0 Å². The molecule has 1 heterocycles. The number of rotatable bonds is 2. The van der Waals surface area contributed by atoms with Gasteiger partial charge in [0.2, 0.25) is 0 Å². The van der Waals surface area contributed by atoms with Crippen LogP contribution in [0.25, 0.3) is 11.1 Å². The highest BCUT2D eigenvalue weighted by Gasteiger charge is 2.09. The normalized spacial score (nSPS) is 10.8. The first-order valence-electron chi connectivity index (χ1n) is 6.23. The number of hydrogen-bond acceptors (Lipinski definition) is 3. The van der Waals surface area contributed by atoms with Gasteiger partial charge in [-0.15, -0.1) is 0 Å². The van der Waals surface area contributed by atoms with E-state index in [0.717, 1.165) is 0 Å². The molecule has 1 aromatic heterocycles. The fraction of sp³-hybridized carbons (Fsp3) is 0.0667. The Kier molecular flexibility index (Phi) is 3.06. The number of carbonyl (C=O) groups is 1. The summed E-state index contributed by atoms with van der Waals surface area (Å²) >= 11 is 0. The summed E-state index contributed by atoms with van der Waals surface area (Å²) in [5.74, 6) is -1.43. The Labute approximate surface area is 118 Å². The molecule has 2 aromatic carbocycles. The van der Waals surface area contributed by atoms with Crippen molar-refractivity contribution in [2.45, 2.75) is 6.92 Å². The molecule has 3 aromatic rings. The van der Waals surface area contributed by atoms with Gasteiger partial charge in [0.05, 0.1) is 5.52 Å². The fourth-order valence-electron chi connectivity index (χ4n) is 1.97. The van der Waals surface area contributed by atoms with Crippen LogP contribution in [0, 0.1) is 12.7 Å². The fourth-order valence-corrected chi connectivity index (χ4v) is 1.97. The first-order valence-corrected chi connectivity index (χ1v) is 6.23. The van der Waals surface area contributed by atoms with Crippen LogP contribution in [0.4, 0.5) is 10.1 Å². The molecule has 0 unspecified atom stereocenters. The Morgan fingerprint density at radius 2 is 2.05 bits per heavy atom. The molecule has 0 aliphatic rings. The maximum atomic E-state index is 13.5. The number of fused-ring (bicyclic) bond motifs is 1. The first-order chi connectivity index (χ1) is 10.0. The van der Waals surface area contributed by atoms with Gasteiger partial charge in [-0.1, -0.05) is 6.07 Å². The summed E-state index contributed by atoms with van der Waals surface area (Å²) in [6.07, 6.45) is 0. The van der Waals surface area contributed by atoms with Gasteiger partial charge in [-0.3, -0.25) is 9.78 Å². The van der Waals surface area contributed by atoms with Gasteiger partial charge in [0.1, 0.15) is 5.82 Å². The van der Waals surface area contributed by atoms with Crippen molar-refractivity contribution in [1.82, 2.24) is 4.98 Å². The lowest BCUT2D eigenvalue weighted by Gasteiger charge is -2.06. The number of amides is 1. The first kappa shape index (κ1) is 13.1. The van der Waals surface area contributed by atoms with Crippen molar-refractivity contribution in [3.8, 4) is 0 Å². The highest BCUT2D eigenvalue weighted by atomic mass is 19.1. The Morgan fingerprint density at radius 3 is 2.81 bits per heavy atom. The van der Waals surface area contributed by atoms with Crippen molar-refractivity contribution >= 4 is 22.7 Å².